The molecule has 0 spiro atoms. The Balaban J connectivity index is 2.23. The third-order valence-electron chi connectivity index (χ3n) is 2.95. The number of hydrogen-bond donors (Lipinski definition) is 1. The highest BCUT2D eigenvalue weighted by molar-refractivity contribution is 7.13. The van der Waals surface area contributed by atoms with Gasteiger partial charge in [0.15, 0.2) is 0 Å². The fraction of sp³-hybridized carbons (Fsp3) is 0.231. The minimum absolute atomic E-state index is 0.217. The molecule has 1 N–H and O–H groups in total. The first-order chi connectivity index (χ1) is 10.2. The van der Waals surface area contributed by atoms with E-state index in [9.17, 15) is 5.11 Å². The highest BCUT2D eigenvalue weighted by atomic mass is 32.1. The zero-order chi connectivity index (χ0) is 14.8. The number of methoxy groups -OCH3 is 1. The first-order valence-electron chi connectivity index (χ1n) is 6.24. The average molecular weight is 303 g/mol. The third kappa shape index (κ3) is 2.39. The molecule has 0 aliphatic rings. The van der Waals surface area contributed by atoms with Crippen LogP contribution in [0, 0.1) is 6.92 Å². The van der Waals surface area contributed by atoms with E-state index < -0.39 is 0 Å². The molecule has 3 aromatic rings. The average Bonchev–Trinajstić information content (AvgIpc) is 3.12. The molecule has 0 unspecified atom stereocenters. The van der Waals surface area contributed by atoms with Crippen molar-refractivity contribution in [1.29, 1.82) is 0 Å². The Morgan fingerprint density at radius 3 is 2.71 bits per heavy atom. The molecule has 0 fully saturated rings. The molecule has 0 amide bonds. The van der Waals surface area contributed by atoms with Gasteiger partial charge in [0.1, 0.15) is 22.1 Å². The van der Waals surface area contributed by atoms with Crippen molar-refractivity contribution in [1.82, 2.24) is 25.2 Å². The van der Waals surface area contributed by atoms with Gasteiger partial charge >= 0.3 is 0 Å². The van der Waals surface area contributed by atoms with E-state index >= 15 is 0 Å². The lowest BCUT2D eigenvalue weighted by atomic mass is 10.1. The van der Waals surface area contributed by atoms with Crippen molar-refractivity contribution in [3.05, 3.63) is 35.0 Å². The molecule has 1 aromatic carbocycles. The molecule has 0 saturated heterocycles. The molecule has 8 heteroatoms. The number of benzene rings is 1. The van der Waals surface area contributed by atoms with Crippen LogP contribution in [-0.4, -0.2) is 37.4 Å². The van der Waals surface area contributed by atoms with Crippen LogP contribution in [0.3, 0.4) is 0 Å². The van der Waals surface area contributed by atoms with Gasteiger partial charge < -0.3 is 9.84 Å². The van der Waals surface area contributed by atoms with Crippen molar-refractivity contribution in [3.63, 3.8) is 0 Å². The summed E-state index contributed by atoms with van der Waals surface area (Å²) in [5.74, 6) is 0.678. The fourth-order valence-corrected chi connectivity index (χ4v) is 2.68. The number of para-hydroxylation sites is 1. The van der Waals surface area contributed by atoms with Gasteiger partial charge in [0.05, 0.1) is 13.7 Å². The van der Waals surface area contributed by atoms with Gasteiger partial charge in [-0.15, -0.1) is 15.3 Å². The molecule has 2 heterocycles. The lowest BCUT2D eigenvalue weighted by Crippen LogP contribution is -2.01. The summed E-state index contributed by atoms with van der Waals surface area (Å²) in [6, 6.07) is 7.51. The van der Waals surface area contributed by atoms with E-state index in [4.69, 9.17) is 4.74 Å². The number of aromatic nitrogens is 5. The Bertz CT molecular complexity index is 768. The Morgan fingerprint density at radius 1 is 1.24 bits per heavy atom. The van der Waals surface area contributed by atoms with Crippen LogP contribution in [0.25, 0.3) is 16.4 Å². The maximum atomic E-state index is 9.52. The van der Waals surface area contributed by atoms with E-state index in [1.165, 1.54) is 11.3 Å². The third-order valence-corrected chi connectivity index (χ3v) is 3.76. The van der Waals surface area contributed by atoms with Crippen molar-refractivity contribution in [2.24, 2.45) is 0 Å². The summed E-state index contributed by atoms with van der Waals surface area (Å²) in [4.78, 5) is 0. The molecule has 0 atom stereocenters. The second kappa shape index (κ2) is 5.58. The molecule has 108 valence electrons. The Labute approximate surface area is 124 Å². The summed E-state index contributed by atoms with van der Waals surface area (Å²) in [5, 5.41) is 27.1. The summed E-state index contributed by atoms with van der Waals surface area (Å²) in [5.41, 5.74) is 1.92. The first-order valence-corrected chi connectivity index (χ1v) is 7.05. The van der Waals surface area contributed by atoms with Gasteiger partial charge in [-0.25, -0.2) is 0 Å². The van der Waals surface area contributed by atoms with Crippen LogP contribution in [-0.2, 0) is 6.61 Å². The maximum Gasteiger partial charge on any atom is 0.234 e. The van der Waals surface area contributed by atoms with Crippen molar-refractivity contribution in [2.45, 2.75) is 13.5 Å². The van der Waals surface area contributed by atoms with E-state index in [2.05, 4.69) is 20.5 Å². The van der Waals surface area contributed by atoms with Crippen molar-refractivity contribution >= 4 is 11.3 Å². The van der Waals surface area contributed by atoms with Crippen molar-refractivity contribution < 1.29 is 9.84 Å². The van der Waals surface area contributed by atoms with Crippen LogP contribution in [0.15, 0.2) is 24.3 Å². The van der Waals surface area contributed by atoms with Crippen LogP contribution >= 0.6 is 11.3 Å². The summed E-state index contributed by atoms with van der Waals surface area (Å²) in [6.45, 7) is 1.65. The molecule has 0 aliphatic heterocycles. The van der Waals surface area contributed by atoms with Crippen LogP contribution in [0.2, 0.25) is 0 Å². The van der Waals surface area contributed by atoms with Crippen LogP contribution in [0.1, 0.15) is 10.7 Å². The summed E-state index contributed by atoms with van der Waals surface area (Å²) < 4.78 is 6.96. The summed E-state index contributed by atoms with van der Waals surface area (Å²) >= 11 is 1.40. The second-order valence-electron chi connectivity index (χ2n) is 4.26. The van der Waals surface area contributed by atoms with E-state index in [1.54, 1.807) is 11.8 Å². The number of aliphatic hydroxyl groups is 1. The minimum atomic E-state index is -0.217. The number of aryl methyl sites for hydroxylation is 1. The quantitative estimate of drug-likeness (QED) is 0.788. The van der Waals surface area contributed by atoms with Gasteiger partial charge in [0.25, 0.3) is 0 Å². The Morgan fingerprint density at radius 2 is 2.05 bits per heavy atom. The smallest absolute Gasteiger partial charge is 0.234 e. The molecular formula is C13H13N5O2S. The normalized spacial score (nSPS) is 10.8. The predicted octanol–water partition coefficient (Wildman–Crippen LogP) is 1.60. The highest BCUT2D eigenvalue weighted by Gasteiger charge is 2.20. The van der Waals surface area contributed by atoms with E-state index in [0.29, 0.717) is 22.3 Å². The topological polar surface area (TPSA) is 86.0 Å². The van der Waals surface area contributed by atoms with Gasteiger partial charge in [-0.05, 0) is 19.1 Å². The lowest BCUT2D eigenvalue weighted by molar-refractivity contribution is 0.277. The minimum Gasteiger partial charge on any atom is -0.496 e. The van der Waals surface area contributed by atoms with Crippen LogP contribution in [0.5, 0.6) is 5.75 Å². The van der Waals surface area contributed by atoms with Gasteiger partial charge in [0.2, 0.25) is 5.13 Å². The molecule has 3 rings (SSSR count). The summed E-state index contributed by atoms with van der Waals surface area (Å²) in [7, 11) is 1.60. The molecule has 0 aliphatic carbocycles. The van der Waals surface area contributed by atoms with Crippen LogP contribution in [0.4, 0.5) is 0 Å². The second-order valence-corrected chi connectivity index (χ2v) is 5.42. The highest BCUT2D eigenvalue weighted by Crippen LogP contribution is 2.33. The van der Waals surface area contributed by atoms with Crippen molar-refractivity contribution in [3.8, 4) is 22.1 Å². The van der Waals surface area contributed by atoms with E-state index in [0.717, 1.165) is 10.6 Å². The van der Waals surface area contributed by atoms with Gasteiger partial charge in [-0.1, -0.05) is 28.7 Å². The predicted molar refractivity (Wildman–Crippen MR) is 77.5 cm³/mol. The monoisotopic (exact) mass is 303 g/mol. The fourth-order valence-electron chi connectivity index (χ4n) is 2.03. The molecule has 7 nitrogen and oxygen atoms in total. The zero-order valence-electron chi connectivity index (χ0n) is 11.5. The lowest BCUT2D eigenvalue weighted by Gasteiger charge is -2.09. The molecule has 2 aromatic heterocycles. The largest absolute Gasteiger partial charge is 0.496 e. The molecular weight excluding hydrogens is 290 g/mol. The number of ether oxygens (including phenoxy) is 1. The molecule has 0 saturated carbocycles. The maximum absolute atomic E-state index is 9.52. The number of rotatable bonds is 4. The summed E-state index contributed by atoms with van der Waals surface area (Å²) in [6.07, 6.45) is 0. The molecule has 0 radical (unpaired) electrons. The Hall–Kier alpha value is -2.32. The zero-order valence-corrected chi connectivity index (χ0v) is 12.3. The SMILES string of the molecule is COc1ccccc1-c1c(CO)nnn1-c1nnc(C)s1. The van der Waals surface area contributed by atoms with Gasteiger partial charge in [-0.3, -0.25) is 0 Å². The van der Waals surface area contributed by atoms with Gasteiger partial charge in [-0.2, -0.15) is 4.68 Å². The standard InChI is InChI=1S/C13H13N5O2S/c1-8-14-16-13(21-8)18-12(10(7-19)15-17-18)9-5-3-4-6-11(9)20-2/h3-6,19H,7H2,1-2H3. The number of hydrogen-bond acceptors (Lipinski definition) is 7. The molecule has 0 bridgehead atoms. The molecule has 21 heavy (non-hydrogen) atoms. The van der Waals surface area contributed by atoms with Crippen molar-refractivity contribution in [2.75, 3.05) is 7.11 Å². The first kappa shape index (κ1) is 13.7. The number of aliphatic hydroxyl groups excluding tert-OH is 1. The van der Waals surface area contributed by atoms with E-state index in [-0.39, 0.29) is 6.61 Å². The Kier molecular flexibility index (Phi) is 3.63. The van der Waals surface area contributed by atoms with Crippen LogP contribution < -0.4 is 4.74 Å². The van der Waals surface area contributed by atoms with E-state index in [1.807, 2.05) is 31.2 Å². The number of nitrogens with zero attached hydrogens (tertiary/aromatic N) is 5. The van der Waals surface area contributed by atoms with Gasteiger partial charge in [0, 0.05) is 5.56 Å².